The van der Waals surface area contributed by atoms with Crippen LogP contribution < -0.4 is 5.32 Å². The van der Waals surface area contributed by atoms with Crippen LogP contribution in [0, 0.1) is 22.7 Å². The SMILES string of the molecule is N#CCN(CC#N)C(=O)C(CC(=O)O)NC(=O)OCC1c2ccccc2-c2ccccc21. The smallest absolute Gasteiger partial charge is 0.407 e. The van der Waals surface area contributed by atoms with Crippen molar-refractivity contribution in [2.24, 2.45) is 0 Å². The van der Waals surface area contributed by atoms with E-state index >= 15 is 0 Å². The first-order valence-electron chi connectivity index (χ1n) is 9.82. The van der Waals surface area contributed by atoms with Gasteiger partial charge in [0.15, 0.2) is 0 Å². The number of amides is 2. The lowest BCUT2D eigenvalue weighted by Crippen LogP contribution is -2.50. The summed E-state index contributed by atoms with van der Waals surface area (Å²) in [7, 11) is 0. The third-order valence-corrected chi connectivity index (χ3v) is 5.15. The van der Waals surface area contributed by atoms with E-state index in [1.165, 1.54) is 0 Å². The summed E-state index contributed by atoms with van der Waals surface area (Å²) in [6.45, 7) is -0.822. The van der Waals surface area contributed by atoms with Crippen LogP contribution in [0.3, 0.4) is 0 Å². The van der Waals surface area contributed by atoms with E-state index < -0.39 is 43.5 Å². The number of nitriles is 2. The molecule has 3 rings (SSSR count). The first-order valence-corrected chi connectivity index (χ1v) is 9.82. The largest absolute Gasteiger partial charge is 0.481 e. The lowest BCUT2D eigenvalue weighted by molar-refractivity contribution is -0.142. The summed E-state index contributed by atoms with van der Waals surface area (Å²) >= 11 is 0. The Balaban J connectivity index is 1.71. The van der Waals surface area contributed by atoms with Crippen molar-refractivity contribution >= 4 is 18.0 Å². The van der Waals surface area contributed by atoms with Crippen LogP contribution in [0.25, 0.3) is 11.1 Å². The molecule has 0 spiro atoms. The van der Waals surface area contributed by atoms with Crippen molar-refractivity contribution in [1.82, 2.24) is 10.2 Å². The Bertz CT molecular complexity index is 1060. The molecule has 162 valence electrons. The van der Waals surface area contributed by atoms with Crippen LogP contribution in [-0.2, 0) is 14.3 Å². The van der Waals surface area contributed by atoms with E-state index in [0.717, 1.165) is 27.2 Å². The molecule has 9 heteroatoms. The van der Waals surface area contributed by atoms with Crippen LogP contribution in [-0.4, -0.2) is 53.7 Å². The summed E-state index contributed by atoms with van der Waals surface area (Å²) in [6.07, 6.45) is -1.67. The number of carboxylic acid groups (broad SMARTS) is 1. The molecule has 0 fully saturated rings. The fraction of sp³-hybridized carbons (Fsp3) is 0.261. The molecule has 0 saturated heterocycles. The maximum absolute atomic E-state index is 12.6. The number of hydrogen-bond acceptors (Lipinski definition) is 6. The number of carbonyl (C=O) groups is 3. The Morgan fingerprint density at radius 3 is 2.03 bits per heavy atom. The maximum Gasteiger partial charge on any atom is 0.407 e. The number of aliphatic carboxylic acids is 1. The summed E-state index contributed by atoms with van der Waals surface area (Å²) in [5.74, 6) is -2.37. The van der Waals surface area contributed by atoms with Gasteiger partial charge in [0.2, 0.25) is 5.91 Å². The van der Waals surface area contributed by atoms with Crippen molar-refractivity contribution in [3.63, 3.8) is 0 Å². The number of carbonyl (C=O) groups excluding carboxylic acids is 2. The van der Waals surface area contributed by atoms with Gasteiger partial charge in [0.1, 0.15) is 25.7 Å². The molecular weight excluding hydrogens is 412 g/mol. The molecule has 2 amide bonds. The van der Waals surface area contributed by atoms with Crippen LogP contribution >= 0.6 is 0 Å². The molecule has 2 aromatic carbocycles. The first-order chi connectivity index (χ1) is 15.5. The zero-order valence-electron chi connectivity index (χ0n) is 17.0. The maximum atomic E-state index is 12.6. The van der Waals surface area contributed by atoms with Gasteiger partial charge in [-0.1, -0.05) is 48.5 Å². The summed E-state index contributed by atoms with van der Waals surface area (Å²) in [5.41, 5.74) is 4.13. The monoisotopic (exact) mass is 432 g/mol. The van der Waals surface area contributed by atoms with Gasteiger partial charge < -0.3 is 20.1 Å². The number of nitrogens with zero attached hydrogens (tertiary/aromatic N) is 3. The average Bonchev–Trinajstić information content (AvgIpc) is 3.10. The molecule has 1 aliphatic carbocycles. The molecular formula is C23H20N4O5. The van der Waals surface area contributed by atoms with E-state index in [4.69, 9.17) is 20.4 Å². The van der Waals surface area contributed by atoms with Crippen molar-refractivity contribution in [2.75, 3.05) is 19.7 Å². The van der Waals surface area contributed by atoms with Crippen LogP contribution in [0.15, 0.2) is 48.5 Å². The molecule has 1 atom stereocenters. The van der Waals surface area contributed by atoms with Crippen molar-refractivity contribution in [1.29, 1.82) is 10.5 Å². The molecule has 9 nitrogen and oxygen atoms in total. The van der Waals surface area contributed by atoms with Crippen molar-refractivity contribution < 1.29 is 24.2 Å². The van der Waals surface area contributed by atoms with Crippen molar-refractivity contribution in [2.45, 2.75) is 18.4 Å². The molecule has 0 aromatic heterocycles. The minimum absolute atomic E-state index is 0.00600. The van der Waals surface area contributed by atoms with E-state index in [9.17, 15) is 14.4 Å². The van der Waals surface area contributed by atoms with E-state index in [1.807, 2.05) is 48.5 Å². The van der Waals surface area contributed by atoms with E-state index in [0.29, 0.717) is 0 Å². The summed E-state index contributed by atoms with van der Waals surface area (Å²) in [5, 5.41) is 29.1. The summed E-state index contributed by atoms with van der Waals surface area (Å²) in [6, 6.07) is 17.6. The molecule has 0 saturated carbocycles. The normalized spacial score (nSPS) is 12.4. The van der Waals surface area contributed by atoms with E-state index in [1.54, 1.807) is 12.1 Å². The Morgan fingerprint density at radius 2 is 1.53 bits per heavy atom. The first kappa shape index (κ1) is 22.3. The fourth-order valence-electron chi connectivity index (χ4n) is 3.76. The van der Waals surface area contributed by atoms with Gasteiger partial charge in [0.25, 0.3) is 0 Å². The second-order valence-electron chi connectivity index (χ2n) is 7.13. The number of alkyl carbamates (subject to hydrolysis) is 1. The third kappa shape index (κ3) is 4.85. The number of nitrogens with one attached hydrogen (secondary N) is 1. The Kier molecular flexibility index (Phi) is 7.04. The van der Waals surface area contributed by atoms with Gasteiger partial charge in [-0.15, -0.1) is 0 Å². The zero-order chi connectivity index (χ0) is 23.1. The van der Waals surface area contributed by atoms with Gasteiger partial charge in [-0.2, -0.15) is 10.5 Å². The van der Waals surface area contributed by atoms with Gasteiger partial charge in [-0.3, -0.25) is 9.59 Å². The lowest BCUT2D eigenvalue weighted by atomic mass is 9.98. The Morgan fingerprint density at radius 1 is 1.00 bits per heavy atom. The van der Waals surface area contributed by atoms with Gasteiger partial charge in [-0.25, -0.2) is 4.79 Å². The molecule has 0 radical (unpaired) electrons. The van der Waals surface area contributed by atoms with E-state index in [-0.39, 0.29) is 12.5 Å². The predicted molar refractivity (Wildman–Crippen MR) is 112 cm³/mol. The van der Waals surface area contributed by atoms with Crippen LogP contribution in [0.2, 0.25) is 0 Å². The van der Waals surface area contributed by atoms with Gasteiger partial charge in [0.05, 0.1) is 18.6 Å². The second-order valence-corrected chi connectivity index (χ2v) is 7.13. The highest BCUT2D eigenvalue weighted by molar-refractivity contribution is 5.89. The van der Waals surface area contributed by atoms with Crippen LogP contribution in [0.5, 0.6) is 0 Å². The molecule has 1 aliphatic rings. The summed E-state index contributed by atoms with van der Waals surface area (Å²) < 4.78 is 5.36. The highest BCUT2D eigenvalue weighted by Gasteiger charge is 2.31. The molecule has 0 aliphatic heterocycles. The lowest BCUT2D eigenvalue weighted by Gasteiger charge is -2.23. The molecule has 2 aromatic rings. The Hall–Kier alpha value is -4.37. The Labute approximate surface area is 184 Å². The highest BCUT2D eigenvalue weighted by Crippen LogP contribution is 2.44. The van der Waals surface area contributed by atoms with Gasteiger partial charge in [0, 0.05) is 5.92 Å². The number of benzene rings is 2. The molecule has 0 heterocycles. The van der Waals surface area contributed by atoms with Crippen LogP contribution in [0.4, 0.5) is 4.79 Å². The number of rotatable bonds is 8. The topological polar surface area (TPSA) is 144 Å². The number of carboxylic acids is 1. The highest BCUT2D eigenvalue weighted by atomic mass is 16.5. The molecule has 32 heavy (non-hydrogen) atoms. The molecule has 0 bridgehead atoms. The minimum Gasteiger partial charge on any atom is -0.481 e. The number of hydrogen-bond donors (Lipinski definition) is 2. The second kappa shape index (κ2) is 10.1. The quantitative estimate of drug-likeness (QED) is 0.609. The van der Waals surface area contributed by atoms with Crippen molar-refractivity contribution in [3.8, 4) is 23.3 Å². The third-order valence-electron chi connectivity index (χ3n) is 5.15. The number of fused-ring (bicyclic) bond motifs is 3. The van der Waals surface area contributed by atoms with E-state index in [2.05, 4.69) is 5.32 Å². The number of ether oxygens (including phenoxy) is 1. The minimum atomic E-state index is -1.47. The van der Waals surface area contributed by atoms with Gasteiger partial charge >= 0.3 is 12.1 Å². The van der Waals surface area contributed by atoms with Gasteiger partial charge in [-0.05, 0) is 22.3 Å². The summed E-state index contributed by atoms with van der Waals surface area (Å²) in [4.78, 5) is 37.1. The van der Waals surface area contributed by atoms with Crippen molar-refractivity contribution in [3.05, 3.63) is 59.7 Å². The predicted octanol–water partition coefficient (Wildman–Crippen LogP) is 2.24. The average molecular weight is 432 g/mol. The molecule has 1 unspecified atom stereocenters. The van der Waals surface area contributed by atoms with Crippen LogP contribution in [0.1, 0.15) is 23.5 Å². The molecule has 2 N–H and O–H groups in total. The fourth-order valence-corrected chi connectivity index (χ4v) is 3.76. The standard InChI is InChI=1S/C23H20N4O5/c24-9-11-27(12-10-25)22(30)20(13-21(28)29)26-23(31)32-14-19-17-7-3-1-5-15(17)16-6-2-4-8-18(16)19/h1-8,19-20H,11-14H2,(H,26,31)(H,28,29). The zero-order valence-corrected chi connectivity index (χ0v) is 17.0.